The van der Waals surface area contributed by atoms with E-state index in [9.17, 15) is 10.1 Å². The molecule has 142 valence electrons. The first-order valence-electron chi connectivity index (χ1n) is 8.69. The molecule has 0 bridgehead atoms. The minimum Gasteiger partial charge on any atom is -0.444 e. The Balaban J connectivity index is 2.03. The predicted molar refractivity (Wildman–Crippen MR) is 94.0 cm³/mol. The lowest BCUT2D eigenvalue weighted by molar-refractivity contribution is -0.166. The minimum atomic E-state index is -0.759. The highest BCUT2D eigenvalue weighted by atomic mass is 16.8. The van der Waals surface area contributed by atoms with E-state index in [1.54, 1.807) is 11.1 Å². The van der Waals surface area contributed by atoms with Crippen LogP contribution in [0.1, 0.15) is 58.8 Å². The first-order chi connectivity index (χ1) is 11.9. The molecule has 0 aromatic carbocycles. The highest BCUT2D eigenvalue weighted by molar-refractivity contribution is 5.71. The molecule has 2 saturated heterocycles. The second-order valence-electron chi connectivity index (χ2n) is 8.28. The van der Waals surface area contributed by atoms with Gasteiger partial charge in [-0.05, 0) is 41.5 Å². The topological polar surface area (TPSA) is 114 Å². The summed E-state index contributed by atoms with van der Waals surface area (Å²) in [5, 5.41) is 9.20. The molecule has 0 saturated carbocycles. The van der Waals surface area contributed by atoms with Crippen LogP contribution in [0.2, 0.25) is 0 Å². The standard InChI is InChI=1S/C18H26N4O4/c1-9-14-15(25-18(5,6)24-14)13(10-8-21-11(7-19)12(10)20)22(9)16(23)26-17(2,3)4/h8-9,13-15,21H,20H2,1-6H3/t9-,13+,14-,15+/m1/s1. The second-order valence-corrected chi connectivity index (χ2v) is 8.28. The van der Waals surface area contributed by atoms with Gasteiger partial charge in [0.15, 0.2) is 5.79 Å². The molecule has 3 rings (SSSR count). The van der Waals surface area contributed by atoms with Crippen LogP contribution in [0.25, 0.3) is 0 Å². The van der Waals surface area contributed by atoms with Gasteiger partial charge in [0.25, 0.3) is 0 Å². The first-order valence-corrected chi connectivity index (χ1v) is 8.69. The Morgan fingerprint density at radius 1 is 1.38 bits per heavy atom. The maximum absolute atomic E-state index is 12.9. The minimum absolute atomic E-state index is 0.262. The Morgan fingerprint density at radius 2 is 2.00 bits per heavy atom. The number of rotatable bonds is 1. The number of amides is 1. The third-order valence-corrected chi connectivity index (χ3v) is 4.68. The Kier molecular flexibility index (Phi) is 4.20. The number of nitrogens with zero attached hydrogens (tertiary/aromatic N) is 2. The number of nitrogens with two attached hydrogens (primary N) is 1. The lowest BCUT2D eigenvalue weighted by atomic mass is 10.0. The SMILES string of the molecule is C[C@@H]1[C@H]2OC(C)(C)O[C@H]2[C@H](c2c[nH]c(C#N)c2N)N1C(=O)OC(C)(C)C. The monoisotopic (exact) mass is 362 g/mol. The highest BCUT2D eigenvalue weighted by Gasteiger charge is 2.59. The van der Waals surface area contributed by atoms with Crippen molar-refractivity contribution >= 4 is 11.8 Å². The van der Waals surface area contributed by atoms with E-state index in [0.29, 0.717) is 11.3 Å². The molecule has 3 N–H and O–H groups in total. The summed E-state index contributed by atoms with van der Waals surface area (Å²) in [6.07, 6.45) is 0.465. The van der Waals surface area contributed by atoms with Crippen molar-refractivity contribution in [3.05, 3.63) is 17.5 Å². The molecule has 8 heteroatoms. The van der Waals surface area contributed by atoms with E-state index in [2.05, 4.69) is 4.98 Å². The fourth-order valence-electron chi connectivity index (χ4n) is 3.71. The molecule has 0 unspecified atom stereocenters. The average molecular weight is 362 g/mol. The Labute approximate surface area is 153 Å². The number of nitrogen functional groups attached to an aromatic ring is 1. The van der Waals surface area contributed by atoms with Gasteiger partial charge in [-0.15, -0.1) is 0 Å². The van der Waals surface area contributed by atoms with E-state index in [1.807, 2.05) is 47.6 Å². The highest BCUT2D eigenvalue weighted by Crippen LogP contribution is 2.48. The van der Waals surface area contributed by atoms with Gasteiger partial charge in [-0.25, -0.2) is 4.79 Å². The molecule has 4 atom stereocenters. The summed E-state index contributed by atoms with van der Waals surface area (Å²) in [6.45, 7) is 11.0. The van der Waals surface area contributed by atoms with Crippen LogP contribution >= 0.6 is 0 Å². The molecule has 3 heterocycles. The molecule has 2 fully saturated rings. The van der Waals surface area contributed by atoms with Crippen LogP contribution in [0.15, 0.2) is 6.20 Å². The molecule has 8 nitrogen and oxygen atoms in total. The number of ether oxygens (including phenoxy) is 3. The van der Waals surface area contributed by atoms with Crippen molar-refractivity contribution in [1.82, 2.24) is 9.88 Å². The van der Waals surface area contributed by atoms with Crippen molar-refractivity contribution in [3.63, 3.8) is 0 Å². The van der Waals surface area contributed by atoms with Crippen LogP contribution in [0.5, 0.6) is 0 Å². The molecule has 1 aromatic heterocycles. The molecule has 0 radical (unpaired) electrons. The maximum Gasteiger partial charge on any atom is 0.411 e. The van der Waals surface area contributed by atoms with Crippen molar-refractivity contribution in [2.24, 2.45) is 0 Å². The lowest BCUT2D eigenvalue weighted by Crippen LogP contribution is -2.44. The number of anilines is 1. The van der Waals surface area contributed by atoms with Gasteiger partial charge in [0.05, 0.1) is 17.8 Å². The van der Waals surface area contributed by atoms with Crippen molar-refractivity contribution in [2.75, 3.05) is 5.73 Å². The zero-order valence-corrected chi connectivity index (χ0v) is 16.0. The fourth-order valence-corrected chi connectivity index (χ4v) is 3.71. The average Bonchev–Trinajstić information content (AvgIpc) is 3.08. The van der Waals surface area contributed by atoms with Crippen LogP contribution < -0.4 is 5.73 Å². The largest absolute Gasteiger partial charge is 0.444 e. The molecule has 2 aliphatic rings. The number of H-pyrrole nitrogens is 1. The number of likely N-dealkylation sites (tertiary alicyclic amines) is 1. The first kappa shape index (κ1) is 18.5. The quantitative estimate of drug-likeness (QED) is 0.794. The van der Waals surface area contributed by atoms with Crippen LogP contribution in [0.3, 0.4) is 0 Å². The van der Waals surface area contributed by atoms with Crippen LogP contribution in [-0.2, 0) is 14.2 Å². The number of carbonyl (C=O) groups excluding carboxylic acids is 1. The van der Waals surface area contributed by atoms with Crippen LogP contribution in [0, 0.1) is 11.3 Å². The Hall–Kier alpha value is -2.24. The van der Waals surface area contributed by atoms with Gasteiger partial charge in [0.1, 0.15) is 29.6 Å². The number of aromatic amines is 1. The summed E-state index contributed by atoms with van der Waals surface area (Å²) in [6, 6.07) is 1.24. The van der Waals surface area contributed by atoms with E-state index in [1.165, 1.54) is 0 Å². The number of aromatic nitrogens is 1. The number of nitriles is 1. The normalized spacial score (nSPS) is 30.1. The summed E-state index contributed by atoms with van der Waals surface area (Å²) in [5.41, 5.74) is 6.72. The van der Waals surface area contributed by atoms with Crippen molar-refractivity contribution in [1.29, 1.82) is 5.26 Å². The van der Waals surface area contributed by atoms with Crippen molar-refractivity contribution < 1.29 is 19.0 Å². The van der Waals surface area contributed by atoms with E-state index in [0.717, 1.165) is 0 Å². The van der Waals surface area contributed by atoms with Gasteiger partial charge in [0.2, 0.25) is 0 Å². The number of nitrogens with one attached hydrogen (secondary N) is 1. The third-order valence-electron chi connectivity index (χ3n) is 4.68. The van der Waals surface area contributed by atoms with Crippen molar-refractivity contribution in [3.8, 4) is 6.07 Å². The second kappa shape index (κ2) is 5.89. The third kappa shape index (κ3) is 3.02. The van der Waals surface area contributed by atoms with E-state index in [-0.39, 0.29) is 17.8 Å². The number of hydrogen-bond acceptors (Lipinski definition) is 6. The molecule has 2 aliphatic heterocycles. The summed E-state index contributed by atoms with van der Waals surface area (Å²) in [7, 11) is 0. The summed E-state index contributed by atoms with van der Waals surface area (Å²) in [4.78, 5) is 17.4. The fraction of sp³-hybridized carbons (Fsp3) is 0.667. The Morgan fingerprint density at radius 3 is 2.54 bits per heavy atom. The van der Waals surface area contributed by atoms with Gasteiger partial charge in [0, 0.05) is 11.8 Å². The molecule has 0 spiro atoms. The van der Waals surface area contributed by atoms with Crippen LogP contribution in [0.4, 0.5) is 10.5 Å². The molecular weight excluding hydrogens is 336 g/mol. The molecule has 26 heavy (non-hydrogen) atoms. The zero-order valence-electron chi connectivity index (χ0n) is 16.0. The smallest absolute Gasteiger partial charge is 0.411 e. The maximum atomic E-state index is 12.9. The van der Waals surface area contributed by atoms with Gasteiger partial charge in [-0.2, -0.15) is 5.26 Å². The van der Waals surface area contributed by atoms with Gasteiger partial charge < -0.3 is 24.9 Å². The number of fused-ring (bicyclic) bond motifs is 1. The van der Waals surface area contributed by atoms with Gasteiger partial charge in [-0.3, -0.25) is 4.90 Å². The number of hydrogen-bond donors (Lipinski definition) is 2. The van der Waals surface area contributed by atoms with E-state index in [4.69, 9.17) is 19.9 Å². The molecular formula is C18H26N4O4. The summed E-state index contributed by atoms with van der Waals surface area (Å²) >= 11 is 0. The number of carbonyl (C=O) groups is 1. The van der Waals surface area contributed by atoms with Crippen molar-refractivity contribution in [2.45, 2.75) is 77.2 Å². The van der Waals surface area contributed by atoms with E-state index < -0.39 is 29.6 Å². The molecule has 0 aliphatic carbocycles. The zero-order chi connectivity index (χ0) is 19.4. The molecule has 1 amide bonds. The predicted octanol–water partition coefficient (Wildman–Crippen LogP) is 2.67. The Bertz CT molecular complexity index is 758. The van der Waals surface area contributed by atoms with Crippen LogP contribution in [-0.4, -0.2) is 45.6 Å². The molecule has 1 aromatic rings. The summed E-state index contributed by atoms with van der Waals surface area (Å²) < 4.78 is 17.7. The summed E-state index contributed by atoms with van der Waals surface area (Å²) in [5.74, 6) is -0.759. The van der Waals surface area contributed by atoms with E-state index >= 15 is 0 Å². The lowest BCUT2D eigenvalue weighted by Gasteiger charge is -2.34. The van der Waals surface area contributed by atoms with Gasteiger partial charge in [-0.1, -0.05) is 0 Å². The van der Waals surface area contributed by atoms with Gasteiger partial charge >= 0.3 is 6.09 Å².